The molecule has 0 unspecified atom stereocenters. The predicted molar refractivity (Wildman–Crippen MR) is 73.8 cm³/mol. The number of carboxylic acids is 1. The first kappa shape index (κ1) is 15.0. The molecular weight excluding hydrogens is 282 g/mol. The number of hydrogen-bond acceptors (Lipinski definition) is 3. The quantitative estimate of drug-likeness (QED) is 0.884. The topological polar surface area (TPSA) is 82.9 Å². The van der Waals surface area contributed by atoms with E-state index in [0.29, 0.717) is 25.9 Å². The Morgan fingerprint density at radius 3 is 2.45 bits per heavy atom. The lowest BCUT2D eigenvalue weighted by Gasteiger charge is -2.33. The zero-order valence-electron chi connectivity index (χ0n) is 11.6. The van der Waals surface area contributed by atoms with Crippen molar-refractivity contribution in [3.05, 3.63) is 24.0 Å². The standard InChI is InChI=1S/C12H19N3O4S/c1-13(2)20(18,19)14-8-5-10(6-9-14)15-7-3-4-11(15)12(16)17/h3-4,7,10H,5-6,8-9H2,1-2H3,(H,16,17). The first-order valence-electron chi connectivity index (χ1n) is 6.41. The number of aromatic nitrogens is 1. The number of nitrogens with zero attached hydrogens (tertiary/aromatic N) is 3. The maximum atomic E-state index is 12.0. The van der Waals surface area contributed by atoms with Crippen molar-refractivity contribution in [3.63, 3.8) is 0 Å². The Balaban J connectivity index is 2.09. The minimum Gasteiger partial charge on any atom is -0.477 e. The molecule has 1 aromatic rings. The summed E-state index contributed by atoms with van der Waals surface area (Å²) in [6.45, 7) is 0.810. The third-order valence-electron chi connectivity index (χ3n) is 3.60. The van der Waals surface area contributed by atoms with Gasteiger partial charge in [-0.15, -0.1) is 0 Å². The Labute approximate surface area is 118 Å². The number of carbonyl (C=O) groups is 1. The molecule has 0 saturated carbocycles. The van der Waals surface area contributed by atoms with Crippen LogP contribution in [-0.4, -0.2) is 59.9 Å². The SMILES string of the molecule is CN(C)S(=O)(=O)N1CCC(n2cccc2C(=O)O)CC1. The fraction of sp³-hybridized carbons (Fsp3) is 0.583. The molecule has 1 saturated heterocycles. The lowest BCUT2D eigenvalue weighted by atomic mass is 10.1. The van der Waals surface area contributed by atoms with Gasteiger partial charge in [0.15, 0.2) is 0 Å². The highest BCUT2D eigenvalue weighted by Gasteiger charge is 2.30. The van der Waals surface area contributed by atoms with Crippen molar-refractivity contribution in [1.82, 2.24) is 13.2 Å². The van der Waals surface area contributed by atoms with Crippen molar-refractivity contribution in [2.45, 2.75) is 18.9 Å². The summed E-state index contributed by atoms with van der Waals surface area (Å²) >= 11 is 0. The van der Waals surface area contributed by atoms with Crippen molar-refractivity contribution in [2.24, 2.45) is 0 Å². The smallest absolute Gasteiger partial charge is 0.352 e. The van der Waals surface area contributed by atoms with Crippen LogP contribution in [0, 0.1) is 0 Å². The zero-order chi connectivity index (χ0) is 14.9. The maximum absolute atomic E-state index is 12.0. The van der Waals surface area contributed by atoms with Gasteiger partial charge in [-0.3, -0.25) is 0 Å². The van der Waals surface area contributed by atoms with Gasteiger partial charge in [0.05, 0.1) is 0 Å². The van der Waals surface area contributed by atoms with Crippen LogP contribution in [0.1, 0.15) is 29.4 Å². The highest BCUT2D eigenvalue weighted by Crippen LogP contribution is 2.26. The van der Waals surface area contributed by atoms with Crippen LogP contribution in [0.25, 0.3) is 0 Å². The number of piperidine rings is 1. The van der Waals surface area contributed by atoms with Gasteiger partial charge in [0, 0.05) is 39.4 Å². The number of aromatic carboxylic acids is 1. The molecule has 20 heavy (non-hydrogen) atoms. The highest BCUT2D eigenvalue weighted by atomic mass is 32.2. The van der Waals surface area contributed by atoms with Crippen LogP contribution >= 0.6 is 0 Å². The molecule has 2 heterocycles. The van der Waals surface area contributed by atoms with Gasteiger partial charge in [-0.25, -0.2) is 4.79 Å². The van der Waals surface area contributed by atoms with Crippen LogP contribution in [0.4, 0.5) is 0 Å². The lowest BCUT2D eigenvalue weighted by Crippen LogP contribution is -2.44. The predicted octanol–water partition coefficient (Wildman–Crippen LogP) is 0.630. The average molecular weight is 301 g/mol. The molecule has 0 atom stereocenters. The fourth-order valence-corrected chi connectivity index (χ4v) is 3.61. The number of rotatable bonds is 4. The van der Waals surface area contributed by atoms with Crippen LogP contribution in [0.15, 0.2) is 18.3 Å². The van der Waals surface area contributed by atoms with Gasteiger partial charge in [0.1, 0.15) is 5.69 Å². The molecule has 112 valence electrons. The third-order valence-corrected chi connectivity index (χ3v) is 5.54. The second kappa shape index (κ2) is 5.55. The monoisotopic (exact) mass is 301 g/mol. The van der Waals surface area contributed by atoms with E-state index in [1.54, 1.807) is 22.9 Å². The summed E-state index contributed by atoms with van der Waals surface area (Å²) in [4.78, 5) is 11.1. The first-order valence-corrected chi connectivity index (χ1v) is 7.81. The molecule has 2 rings (SSSR count). The number of carboxylic acid groups (broad SMARTS) is 1. The molecule has 0 bridgehead atoms. The first-order chi connectivity index (χ1) is 9.34. The molecule has 0 radical (unpaired) electrons. The Morgan fingerprint density at radius 1 is 1.35 bits per heavy atom. The molecule has 8 heteroatoms. The molecule has 1 N–H and O–H groups in total. The van der Waals surface area contributed by atoms with E-state index < -0.39 is 16.2 Å². The summed E-state index contributed by atoms with van der Waals surface area (Å²) in [6, 6.07) is 3.29. The highest BCUT2D eigenvalue weighted by molar-refractivity contribution is 7.86. The van der Waals surface area contributed by atoms with E-state index in [1.165, 1.54) is 22.7 Å². The number of hydrogen-bond donors (Lipinski definition) is 1. The molecular formula is C12H19N3O4S. The summed E-state index contributed by atoms with van der Waals surface area (Å²) in [5, 5.41) is 9.11. The molecule has 7 nitrogen and oxygen atoms in total. The van der Waals surface area contributed by atoms with E-state index in [1.807, 2.05) is 0 Å². The van der Waals surface area contributed by atoms with E-state index in [0.717, 1.165) is 0 Å². The molecule has 1 aliphatic rings. The minimum absolute atomic E-state index is 0.0321. The summed E-state index contributed by atoms with van der Waals surface area (Å²) in [5.74, 6) is -0.960. The van der Waals surface area contributed by atoms with E-state index in [2.05, 4.69) is 0 Å². The van der Waals surface area contributed by atoms with Crippen LogP contribution < -0.4 is 0 Å². The van der Waals surface area contributed by atoms with Crippen molar-refractivity contribution < 1.29 is 18.3 Å². The Bertz CT molecular complexity index is 586. The van der Waals surface area contributed by atoms with E-state index in [4.69, 9.17) is 5.11 Å². The summed E-state index contributed by atoms with van der Waals surface area (Å²) in [6.07, 6.45) is 2.97. The van der Waals surface area contributed by atoms with Gasteiger partial charge in [-0.05, 0) is 25.0 Å². The third kappa shape index (κ3) is 2.72. The second-order valence-electron chi connectivity index (χ2n) is 5.03. The Kier molecular flexibility index (Phi) is 4.17. The Morgan fingerprint density at radius 2 is 1.95 bits per heavy atom. The van der Waals surface area contributed by atoms with E-state index in [9.17, 15) is 13.2 Å². The van der Waals surface area contributed by atoms with Crippen LogP contribution in [0.3, 0.4) is 0 Å². The average Bonchev–Trinajstić information content (AvgIpc) is 2.88. The zero-order valence-corrected chi connectivity index (χ0v) is 12.4. The van der Waals surface area contributed by atoms with Crippen LogP contribution in [-0.2, 0) is 10.2 Å². The second-order valence-corrected chi connectivity index (χ2v) is 7.17. The minimum atomic E-state index is -3.38. The summed E-state index contributed by atoms with van der Waals surface area (Å²) < 4.78 is 28.4. The molecule has 0 aliphatic carbocycles. The van der Waals surface area contributed by atoms with E-state index >= 15 is 0 Å². The molecule has 0 aromatic carbocycles. The van der Waals surface area contributed by atoms with Gasteiger partial charge >= 0.3 is 5.97 Å². The normalized spacial score (nSPS) is 18.6. The van der Waals surface area contributed by atoms with Crippen LogP contribution in [0.2, 0.25) is 0 Å². The van der Waals surface area contributed by atoms with E-state index in [-0.39, 0.29) is 11.7 Å². The molecule has 1 fully saturated rings. The summed E-state index contributed by atoms with van der Waals surface area (Å²) in [5.41, 5.74) is 0.249. The van der Waals surface area contributed by atoms with Gasteiger partial charge in [-0.1, -0.05) is 0 Å². The maximum Gasteiger partial charge on any atom is 0.352 e. The van der Waals surface area contributed by atoms with Crippen molar-refractivity contribution in [2.75, 3.05) is 27.2 Å². The van der Waals surface area contributed by atoms with Gasteiger partial charge in [0.2, 0.25) is 0 Å². The van der Waals surface area contributed by atoms with Gasteiger partial charge in [0.25, 0.3) is 10.2 Å². The largest absolute Gasteiger partial charge is 0.477 e. The van der Waals surface area contributed by atoms with Crippen molar-refractivity contribution in [3.8, 4) is 0 Å². The van der Waals surface area contributed by atoms with Crippen LogP contribution in [0.5, 0.6) is 0 Å². The molecule has 1 aliphatic heterocycles. The fourth-order valence-electron chi connectivity index (χ4n) is 2.48. The van der Waals surface area contributed by atoms with Gasteiger partial charge < -0.3 is 9.67 Å². The molecule has 0 spiro atoms. The Hall–Kier alpha value is -1.38. The van der Waals surface area contributed by atoms with Crippen molar-refractivity contribution >= 4 is 16.2 Å². The van der Waals surface area contributed by atoms with Gasteiger partial charge in [-0.2, -0.15) is 17.0 Å². The summed E-state index contributed by atoms with van der Waals surface area (Å²) in [7, 11) is -0.358. The molecule has 0 amide bonds. The molecule has 1 aromatic heterocycles. The lowest BCUT2D eigenvalue weighted by molar-refractivity contribution is 0.0680. The van der Waals surface area contributed by atoms with Crippen molar-refractivity contribution in [1.29, 1.82) is 0 Å².